The molecule has 188 valence electrons. The van der Waals surface area contributed by atoms with E-state index in [1.54, 1.807) is 0 Å². The van der Waals surface area contributed by atoms with Crippen molar-refractivity contribution in [1.82, 2.24) is 0 Å². The molecule has 0 aromatic heterocycles. The first-order valence-electron chi connectivity index (χ1n) is 6.55. The van der Waals surface area contributed by atoms with Crippen LogP contribution in [0.25, 0.3) is 0 Å². The Kier molecular flexibility index (Phi) is 15.4. The molecule has 0 saturated heterocycles. The van der Waals surface area contributed by atoms with Gasteiger partial charge >= 0.3 is 9.53 Å². The lowest BCUT2D eigenvalue weighted by Gasteiger charge is -2.39. The van der Waals surface area contributed by atoms with Crippen LogP contribution in [0.3, 0.4) is 0 Å². The van der Waals surface area contributed by atoms with Crippen LogP contribution in [-0.2, 0) is 13.3 Å². The van der Waals surface area contributed by atoms with Crippen molar-refractivity contribution in [3.8, 4) is 0 Å². The molecule has 0 spiro atoms. The number of alkyl halides is 18. The minimum atomic E-state index is -4.03. The van der Waals surface area contributed by atoms with Crippen molar-refractivity contribution in [2.45, 2.75) is 41.1 Å². The van der Waals surface area contributed by atoms with Crippen LogP contribution < -0.4 is 0 Å². The van der Waals surface area contributed by atoms with Crippen LogP contribution >= 0.6 is 209 Å². The van der Waals surface area contributed by atoms with E-state index in [0.717, 1.165) is 0 Å². The molecule has 3 nitrogen and oxygen atoms in total. The summed E-state index contributed by atoms with van der Waals surface area (Å²) in [6, 6.07) is 0. The Hall–Kier alpha value is 5.32. The van der Waals surface area contributed by atoms with Crippen LogP contribution in [0.2, 0.25) is 0 Å². The molecule has 0 radical (unpaired) electrons. The predicted octanol–water partition coefficient (Wildman–Crippen LogP) is 10.1. The molecular weight excluding hydrogens is 822 g/mol. The molecule has 0 aromatic carbocycles. The van der Waals surface area contributed by atoms with Gasteiger partial charge in [0.1, 0.15) is 18.3 Å². The lowest BCUT2D eigenvalue weighted by molar-refractivity contribution is 0.0125. The highest BCUT2D eigenvalue weighted by Gasteiger charge is 2.56. The largest absolute Gasteiger partial charge is 0.485 e. The maximum Gasteiger partial charge on any atom is 0.485 e. The van der Waals surface area contributed by atoms with Gasteiger partial charge in [-0.15, -0.1) is 0 Å². The molecule has 0 saturated carbocycles. The summed E-state index contributed by atoms with van der Waals surface area (Å²) in [5, 5.41) is 0. The van der Waals surface area contributed by atoms with Crippen molar-refractivity contribution in [2.24, 2.45) is 0 Å². The second kappa shape index (κ2) is 13.1. The molecule has 0 atom stereocenters. The smallest absolute Gasteiger partial charge is 0.364 e. The van der Waals surface area contributed by atoms with Crippen LogP contribution in [0.5, 0.6) is 0 Å². The molecule has 0 aliphatic heterocycles. The average molecular weight is 826 g/mol. The minimum absolute atomic E-state index is 1.90. The SMILES string of the molecule is ClC(Cl)(Cl)C(O[SiH](OC(C(Cl)(Cl)Cl)C(Cl)(Cl)Cl)OC(C(Cl)(Cl)Cl)C(Cl)(Cl)Cl)C(Cl)(Cl)Cl. The molecule has 0 rings (SSSR count). The van der Waals surface area contributed by atoms with Crippen LogP contribution in [-0.4, -0.2) is 50.6 Å². The van der Waals surface area contributed by atoms with E-state index in [1.807, 2.05) is 0 Å². The van der Waals surface area contributed by atoms with Crippen molar-refractivity contribution >= 4 is 218 Å². The van der Waals surface area contributed by atoms with Gasteiger partial charge in [0.05, 0.1) is 0 Å². The van der Waals surface area contributed by atoms with Gasteiger partial charge in [0.25, 0.3) is 0 Å². The first-order chi connectivity index (χ1) is 13.2. The summed E-state index contributed by atoms with van der Waals surface area (Å²) in [7, 11) is -4.03. The van der Waals surface area contributed by atoms with Crippen LogP contribution in [0.15, 0.2) is 0 Å². The third-order valence-corrected chi connectivity index (χ3v) is 7.58. The highest BCUT2D eigenvalue weighted by molar-refractivity contribution is 6.75. The molecule has 0 N–H and O–H groups in total. The number of hydrogen-bond acceptors (Lipinski definition) is 3. The third kappa shape index (κ3) is 13.8. The highest BCUT2D eigenvalue weighted by Crippen LogP contribution is 2.50. The topological polar surface area (TPSA) is 27.7 Å². The molecule has 0 fully saturated rings. The van der Waals surface area contributed by atoms with Gasteiger partial charge in [0.15, 0.2) is 0 Å². The molecule has 0 amide bonds. The van der Waals surface area contributed by atoms with Gasteiger partial charge in [0, 0.05) is 0 Å². The highest BCUT2D eigenvalue weighted by atomic mass is 35.6. The maximum atomic E-state index is 5.81. The Morgan fingerprint density at radius 3 is 0.548 bits per heavy atom. The van der Waals surface area contributed by atoms with E-state index in [1.165, 1.54) is 0 Å². The van der Waals surface area contributed by atoms with Gasteiger partial charge in [-0.05, 0) is 0 Å². The zero-order valence-electron chi connectivity index (χ0n) is 13.3. The molecular formula is C9H4Cl18O3Si. The molecule has 0 aliphatic carbocycles. The van der Waals surface area contributed by atoms with Crippen molar-refractivity contribution in [1.29, 1.82) is 0 Å². The lowest BCUT2D eigenvalue weighted by Crippen LogP contribution is -2.54. The first kappa shape index (κ1) is 36.3. The summed E-state index contributed by atoms with van der Waals surface area (Å²) >= 11 is 105. The fourth-order valence-electron chi connectivity index (χ4n) is 1.45. The minimum Gasteiger partial charge on any atom is -0.364 e. The number of hydrogen-bond donors (Lipinski definition) is 0. The molecule has 0 aliphatic rings. The van der Waals surface area contributed by atoms with E-state index < -0.39 is 50.6 Å². The van der Waals surface area contributed by atoms with E-state index in [2.05, 4.69) is 0 Å². The number of rotatable bonds is 6. The third-order valence-electron chi connectivity index (χ3n) is 2.53. The van der Waals surface area contributed by atoms with Gasteiger partial charge in [-0.2, -0.15) is 0 Å². The Balaban J connectivity index is 6.36. The van der Waals surface area contributed by atoms with Gasteiger partial charge in [-0.25, -0.2) is 0 Å². The quantitative estimate of drug-likeness (QED) is 0.197. The van der Waals surface area contributed by atoms with E-state index >= 15 is 0 Å². The van der Waals surface area contributed by atoms with Crippen LogP contribution in [0.4, 0.5) is 0 Å². The zero-order chi connectivity index (χ0) is 25.4. The van der Waals surface area contributed by atoms with Crippen LogP contribution in [0, 0.1) is 0 Å². The van der Waals surface area contributed by atoms with E-state index in [4.69, 9.17) is 222 Å². The van der Waals surface area contributed by atoms with Gasteiger partial charge in [0.2, 0.25) is 22.8 Å². The van der Waals surface area contributed by atoms with Crippen molar-refractivity contribution in [3.63, 3.8) is 0 Å². The standard InChI is InChI=1S/C9H4Cl18O3Si/c10-4(11,12)1(5(13,14)15)28-31(29-2(6(16,17)18)7(19,20)21)30-3(8(22,23)24)9(25,26)27/h1-3,31H. The van der Waals surface area contributed by atoms with E-state index in [9.17, 15) is 0 Å². The summed E-state index contributed by atoms with van der Waals surface area (Å²) in [4.78, 5) is 0. The monoisotopic (exact) mass is 817 g/mol. The first-order valence-corrected chi connectivity index (χ1v) is 14.8. The van der Waals surface area contributed by atoms with Gasteiger partial charge in [-0.3, -0.25) is 0 Å². The van der Waals surface area contributed by atoms with Gasteiger partial charge < -0.3 is 13.3 Å². The Morgan fingerprint density at radius 2 is 0.452 bits per heavy atom. The molecule has 31 heavy (non-hydrogen) atoms. The van der Waals surface area contributed by atoms with Crippen molar-refractivity contribution in [2.75, 3.05) is 0 Å². The van der Waals surface area contributed by atoms with Crippen LogP contribution in [0.1, 0.15) is 0 Å². The Morgan fingerprint density at radius 1 is 0.323 bits per heavy atom. The summed E-state index contributed by atoms with van der Waals surface area (Å²) in [5.74, 6) is 0. The Bertz CT molecular complexity index is 444. The summed E-state index contributed by atoms with van der Waals surface area (Å²) in [6.07, 6.45) is -5.70. The second-order valence-electron chi connectivity index (χ2n) is 5.09. The Labute approximate surface area is 269 Å². The molecule has 0 heterocycles. The molecule has 0 bridgehead atoms. The molecule has 22 heteroatoms. The maximum absolute atomic E-state index is 5.81. The van der Waals surface area contributed by atoms with Crippen molar-refractivity contribution < 1.29 is 13.3 Å². The zero-order valence-corrected chi connectivity index (χ0v) is 28.1. The number of halogens is 18. The predicted molar refractivity (Wildman–Crippen MR) is 144 cm³/mol. The fourth-order valence-corrected chi connectivity index (χ4v) is 10.5. The second-order valence-corrected chi connectivity index (χ2v) is 20.7. The summed E-state index contributed by atoms with van der Waals surface area (Å²) < 4.78 is 1.89. The lowest BCUT2D eigenvalue weighted by atomic mass is 10.4. The van der Waals surface area contributed by atoms with Crippen molar-refractivity contribution in [3.05, 3.63) is 0 Å². The fraction of sp³-hybridized carbons (Fsp3) is 1.00. The normalized spacial score (nSPS) is 15.7. The molecule has 0 unspecified atom stereocenters. The van der Waals surface area contributed by atoms with E-state index in [0.29, 0.717) is 0 Å². The molecule has 0 aromatic rings. The summed E-state index contributed by atoms with van der Waals surface area (Å²) in [5.41, 5.74) is 0. The van der Waals surface area contributed by atoms with Gasteiger partial charge in [-0.1, -0.05) is 209 Å². The van der Waals surface area contributed by atoms with E-state index in [-0.39, 0.29) is 0 Å². The summed E-state index contributed by atoms with van der Waals surface area (Å²) in [6.45, 7) is 0. The average Bonchev–Trinajstić information content (AvgIpc) is 2.37.